The van der Waals surface area contributed by atoms with Crippen LogP contribution in [0.2, 0.25) is 10.0 Å². The molecule has 0 spiro atoms. The lowest BCUT2D eigenvalue weighted by atomic mass is 10.3. The van der Waals surface area contributed by atoms with Gasteiger partial charge in [-0.1, -0.05) is 23.2 Å². The van der Waals surface area contributed by atoms with Crippen LogP contribution in [0.5, 0.6) is 0 Å². The summed E-state index contributed by atoms with van der Waals surface area (Å²) in [4.78, 5) is -1.29. The number of halogens is 8. The topological polar surface area (TPSA) is 0 Å². The lowest BCUT2D eigenvalue weighted by Gasteiger charge is -2.10. The molecule has 1 aromatic carbocycles. The minimum Gasteiger partial charge on any atom is -0.204 e. The van der Waals surface area contributed by atoms with Crippen LogP contribution in [-0.4, -0.2) is 5.51 Å². The maximum absolute atomic E-state index is 13.1. The first kappa shape index (κ1) is 13.8. The molecule has 0 aliphatic rings. The van der Waals surface area contributed by atoms with Crippen LogP contribution in [0.1, 0.15) is 0 Å². The molecule has 0 aliphatic carbocycles. The maximum Gasteiger partial charge on any atom is 0.446 e. The van der Waals surface area contributed by atoms with E-state index in [4.69, 9.17) is 23.2 Å². The second-order valence-electron chi connectivity index (χ2n) is 2.45. The average Bonchev–Trinajstić information content (AvgIpc) is 2.17. The lowest BCUT2D eigenvalue weighted by Crippen LogP contribution is -2.03. The number of thioether (sulfide) groups is 1. The molecule has 90 valence electrons. The molecular weight excluding hydrogens is 301 g/mol. The van der Waals surface area contributed by atoms with Crippen molar-refractivity contribution >= 4 is 35.0 Å². The van der Waals surface area contributed by atoms with E-state index in [0.29, 0.717) is 0 Å². The molecular formula is C7Cl2F6S. The zero-order chi connectivity index (χ0) is 12.7. The minimum absolute atomic E-state index is 1.01. The Morgan fingerprint density at radius 1 is 0.812 bits per heavy atom. The van der Waals surface area contributed by atoms with Crippen molar-refractivity contribution < 1.29 is 26.3 Å². The Morgan fingerprint density at radius 2 is 1.25 bits per heavy atom. The Labute approximate surface area is 99.5 Å². The molecule has 0 saturated carbocycles. The summed E-state index contributed by atoms with van der Waals surface area (Å²) in [6.45, 7) is 0. The fourth-order valence-corrected chi connectivity index (χ4v) is 1.91. The van der Waals surface area contributed by atoms with E-state index in [0.717, 1.165) is 0 Å². The molecule has 16 heavy (non-hydrogen) atoms. The fourth-order valence-electron chi connectivity index (χ4n) is 0.790. The van der Waals surface area contributed by atoms with Crippen molar-refractivity contribution in [3.8, 4) is 0 Å². The van der Waals surface area contributed by atoms with E-state index in [9.17, 15) is 26.3 Å². The van der Waals surface area contributed by atoms with Crippen molar-refractivity contribution in [2.24, 2.45) is 0 Å². The van der Waals surface area contributed by atoms with Crippen LogP contribution < -0.4 is 0 Å². The van der Waals surface area contributed by atoms with Crippen molar-refractivity contribution in [2.45, 2.75) is 10.4 Å². The second kappa shape index (κ2) is 4.54. The third-order valence-electron chi connectivity index (χ3n) is 1.39. The van der Waals surface area contributed by atoms with Gasteiger partial charge in [-0.05, 0) is 11.8 Å². The van der Waals surface area contributed by atoms with Crippen molar-refractivity contribution in [1.29, 1.82) is 0 Å². The Hall–Kier alpha value is -0.270. The number of alkyl halides is 3. The van der Waals surface area contributed by atoms with Gasteiger partial charge < -0.3 is 0 Å². The molecule has 0 saturated heterocycles. The van der Waals surface area contributed by atoms with E-state index in [1.165, 1.54) is 0 Å². The van der Waals surface area contributed by atoms with Crippen molar-refractivity contribution in [3.05, 3.63) is 27.5 Å². The predicted octanol–water partition coefficient (Wildman–Crippen LogP) is 5.02. The molecule has 1 rings (SSSR count). The van der Waals surface area contributed by atoms with E-state index in [1.54, 1.807) is 0 Å². The van der Waals surface area contributed by atoms with E-state index >= 15 is 0 Å². The third kappa shape index (κ3) is 2.70. The average molecular weight is 301 g/mol. The number of hydrogen-bond acceptors (Lipinski definition) is 1. The molecule has 0 bridgehead atoms. The zero-order valence-electron chi connectivity index (χ0n) is 6.93. The molecule has 1 aromatic rings. The van der Waals surface area contributed by atoms with Gasteiger partial charge in [0.2, 0.25) is 0 Å². The summed E-state index contributed by atoms with van der Waals surface area (Å²) in [5.41, 5.74) is -4.89. The molecule has 0 fully saturated rings. The summed E-state index contributed by atoms with van der Waals surface area (Å²) in [5, 5.41) is -2.66. The summed E-state index contributed by atoms with van der Waals surface area (Å²) in [6, 6.07) is 0. The molecule has 9 heteroatoms. The normalized spacial score (nSPS) is 12.0. The van der Waals surface area contributed by atoms with Gasteiger partial charge >= 0.3 is 5.51 Å². The molecule has 0 atom stereocenters. The van der Waals surface area contributed by atoms with Gasteiger partial charge in [0.25, 0.3) is 0 Å². The summed E-state index contributed by atoms with van der Waals surface area (Å²) < 4.78 is 74.5. The van der Waals surface area contributed by atoms with Crippen LogP contribution in [0.25, 0.3) is 0 Å². The number of benzene rings is 1. The van der Waals surface area contributed by atoms with Gasteiger partial charge in [-0.3, -0.25) is 0 Å². The van der Waals surface area contributed by atoms with Crippen molar-refractivity contribution in [3.63, 3.8) is 0 Å². The fraction of sp³-hybridized carbons (Fsp3) is 0.143. The zero-order valence-corrected chi connectivity index (χ0v) is 9.26. The highest BCUT2D eigenvalue weighted by Gasteiger charge is 2.35. The summed E-state index contributed by atoms with van der Waals surface area (Å²) in [5.74, 6) is -5.39. The molecule has 0 amide bonds. The molecule has 0 heterocycles. The highest BCUT2D eigenvalue weighted by atomic mass is 35.5. The number of rotatable bonds is 1. The van der Waals surface area contributed by atoms with Crippen LogP contribution in [0, 0.1) is 17.5 Å². The molecule has 0 aliphatic heterocycles. The van der Waals surface area contributed by atoms with Crippen LogP contribution in [-0.2, 0) is 0 Å². The monoisotopic (exact) mass is 300 g/mol. The SMILES string of the molecule is Fc1c(F)c(Cl)c(SC(F)(F)F)c(F)c1Cl. The minimum atomic E-state index is -4.89. The predicted molar refractivity (Wildman–Crippen MR) is 48.2 cm³/mol. The third-order valence-corrected chi connectivity index (χ3v) is 3.01. The van der Waals surface area contributed by atoms with Gasteiger partial charge in [-0.25, -0.2) is 13.2 Å². The Bertz CT molecular complexity index is 401. The van der Waals surface area contributed by atoms with E-state index < -0.39 is 49.7 Å². The molecule has 0 nitrogen and oxygen atoms in total. The molecule has 0 radical (unpaired) electrons. The lowest BCUT2D eigenvalue weighted by molar-refractivity contribution is -0.0329. The summed E-state index contributed by atoms with van der Waals surface area (Å²) >= 11 is 9.00. The summed E-state index contributed by atoms with van der Waals surface area (Å²) in [6.07, 6.45) is 0. The highest BCUT2D eigenvalue weighted by molar-refractivity contribution is 8.00. The molecule has 0 aromatic heterocycles. The quantitative estimate of drug-likeness (QED) is 0.304. The van der Waals surface area contributed by atoms with Gasteiger partial charge in [-0.15, -0.1) is 0 Å². The van der Waals surface area contributed by atoms with Gasteiger partial charge in [0, 0.05) is 0 Å². The Balaban J connectivity index is 3.40. The molecule has 0 unspecified atom stereocenters. The van der Waals surface area contributed by atoms with Gasteiger partial charge in [-0.2, -0.15) is 13.2 Å². The standard InChI is InChI=1S/C7Cl2F6S/c8-1-3(10)4(11)2(9)6(5(1)12)16-7(13,14)15. The first-order chi connectivity index (χ1) is 7.15. The largest absolute Gasteiger partial charge is 0.446 e. The van der Waals surface area contributed by atoms with Gasteiger partial charge in [0.15, 0.2) is 17.5 Å². The van der Waals surface area contributed by atoms with E-state index in [1.807, 2.05) is 0 Å². The summed E-state index contributed by atoms with van der Waals surface area (Å²) in [7, 11) is 0. The van der Waals surface area contributed by atoms with Crippen molar-refractivity contribution in [2.75, 3.05) is 0 Å². The second-order valence-corrected chi connectivity index (χ2v) is 4.28. The number of hydrogen-bond donors (Lipinski definition) is 0. The van der Waals surface area contributed by atoms with Gasteiger partial charge in [0.05, 0.1) is 9.92 Å². The Morgan fingerprint density at radius 3 is 1.69 bits per heavy atom. The maximum atomic E-state index is 13.1. The van der Waals surface area contributed by atoms with Crippen LogP contribution >= 0.6 is 35.0 Å². The van der Waals surface area contributed by atoms with Crippen LogP contribution in [0.4, 0.5) is 26.3 Å². The first-order valence-corrected chi connectivity index (χ1v) is 4.99. The van der Waals surface area contributed by atoms with Crippen molar-refractivity contribution in [1.82, 2.24) is 0 Å². The van der Waals surface area contributed by atoms with Crippen LogP contribution in [0.15, 0.2) is 4.90 Å². The smallest absolute Gasteiger partial charge is 0.204 e. The van der Waals surface area contributed by atoms with Gasteiger partial charge in [0.1, 0.15) is 5.02 Å². The Kier molecular flexibility index (Phi) is 3.91. The van der Waals surface area contributed by atoms with E-state index in [-0.39, 0.29) is 0 Å². The van der Waals surface area contributed by atoms with Crippen LogP contribution in [0.3, 0.4) is 0 Å². The first-order valence-electron chi connectivity index (χ1n) is 3.42. The molecule has 0 N–H and O–H groups in total. The van der Waals surface area contributed by atoms with E-state index in [2.05, 4.69) is 0 Å². The highest BCUT2D eigenvalue weighted by Crippen LogP contribution is 2.45.